The van der Waals surface area contributed by atoms with Gasteiger partial charge in [0.2, 0.25) is 0 Å². The number of hydrogen-bond acceptors (Lipinski definition) is 4. The van der Waals surface area contributed by atoms with Crippen LogP contribution in [0.3, 0.4) is 0 Å². The number of carboxylic acid groups (broad SMARTS) is 1. The Hall–Kier alpha value is -1.34. The normalized spacial score (nSPS) is 26.1. The van der Waals surface area contributed by atoms with E-state index in [0.717, 1.165) is 25.7 Å². The van der Waals surface area contributed by atoms with Gasteiger partial charge in [0.1, 0.15) is 0 Å². The Morgan fingerprint density at radius 1 is 1.25 bits per heavy atom. The van der Waals surface area contributed by atoms with Crippen molar-refractivity contribution in [2.45, 2.75) is 63.2 Å². The van der Waals surface area contributed by atoms with Gasteiger partial charge in [-0.05, 0) is 19.8 Å². The van der Waals surface area contributed by atoms with Crippen LogP contribution in [0.2, 0.25) is 0 Å². The first kappa shape index (κ1) is 16.7. The van der Waals surface area contributed by atoms with Gasteiger partial charge >= 0.3 is 12.0 Å². The SMILES string of the molecule is CC(O)(CNC(=O)NC1CCCCCC1O)CC(=O)O. The number of aliphatic hydroxyl groups is 2. The number of aliphatic carboxylic acids is 1. The third-order valence-electron chi connectivity index (χ3n) is 3.46. The molecule has 3 unspecified atom stereocenters. The van der Waals surface area contributed by atoms with Crippen LogP contribution >= 0.6 is 0 Å². The number of rotatable bonds is 5. The molecule has 1 aliphatic carbocycles. The summed E-state index contributed by atoms with van der Waals surface area (Å²) in [6.07, 6.45) is 3.35. The Morgan fingerprint density at radius 2 is 1.90 bits per heavy atom. The van der Waals surface area contributed by atoms with Crippen LogP contribution in [0.15, 0.2) is 0 Å². The van der Waals surface area contributed by atoms with Crippen LogP contribution < -0.4 is 10.6 Å². The molecule has 7 heteroatoms. The van der Waals surface area contributed by atoms with Gasteiger partial charge in [-0.25, -0.2) is 4.79 Å². The van der Waals surface area contributed by atoms with Crippen LogP contribution in [0, 0.1) is 0 Å². The second-order valence-corrected chi connectivity index (χ2v) is 5.71. The van der Waals surface area contributed by atoms with E-state index >= 15 is 0 Å². The van der Waals surface area contributed by atoms with Crippen molar-refractivity contribution in [2.75, 3.05) is 6.54 Å². The molecule has 1 aliphatic rings. The van der Waals surface area contributed by atoms with E-state index in [2.05, 4.69) is 10.6 Å². The molecule has 7 nitrogen and oxygen atoms in total. The predicted molar refractivity (Wildman–Crippen MR) is 72.3 cm³/mol. The van der Waals surface area contributed by atoms with E-state index in [-0.39, 0.29) is 12.6 Å². The first-order valence-corrected chi connectivity index (χ1v) is 6.97. The average molecular weight is 288 g/mol. The third-order valence-corrected chi connectivity index (χ3v) is 3.46. The minimum atomic E-state index is -1.49. The lowest BCUT2D eigenvalue weighted by Crippen LogP contribution is -2.51. The van der Waals surface area contributed by atoms with E-state index in [1.165, 1.54) is 6.92 Å². The maximum atomic E-state index is 11.7. The first-order valence-electron chi connectivity index (χ1n) is 6.97. The molecule has 0 saturated heterocycles. The Bertz CT molecular complexity index is 346. The van der Waals surface area contributed by atoms with Crippen molar-refractivity contribution in [3.05, 3.63) is 0 Å². The zero-order valence-electron chi connectivity index (χ0n) is 11.8. The maximum Gasteiger partial charge on any atom is 0.315 e. The molecule has 1 saturated carbocycles. The topological polar surface area (TPSA) is 119 Å². The van der Waals surface area contributed by atoms with Gasteiger partial charge in [0, 0.05) is 6.54 Å². The second-order valence-electron chi connectivity index (χ2n) is 5.71. The molecule has 0 aromatic heterocycles. The lowest BCUT2D eigenvalue weighted by molar-refractivity contribution is -0.141. The van der Waals surface area contributed by atoms with E-state index in [1.54, 1.807) is 0 Å². The number of carbonyl (C=O) groups is 2. The van der Waals surface area contributed by atoms with Crippen molar-refractivity contribution in [2.24, 2.45) is 0 Å². The lowest BCUT2D eigenvalue weighted by atomic mass is 10.0. The summed E-state index contributed by atoms with van der Waals surface area (Å²) >= 11 is 0. The Balaban J connectivity index is 2.37. The summed E-state index contributed by atoms with van der Waals surface area (Å²) in [5, 5.41) is 33.4. The summed E-state index contributed by atoms with van der Waals surface area (Å²) in [4.78, 5) is 22.2. The van der Waals surface area contributed by atoms with Crippen molar-refractivity contribution < 1.29 is 24.9 Å². The molecule has 0 spiro atoms. The van der Waals surface area contributed by atoms with E-state index in [9.17, 15) is 19.8 Å². The Labute approximate surface area is 118 Å². The van der Waals surface area contributed by atoms with Crippen LogP contribution in [0.25, 0.3) is 0 Å². The molecule has 0 aliphatic heterocycles. The number of amides is 2. The van der Waals surface area contributed by atoms with Crippen LogP contribution in [0.5, 0.6) is 0 Å². The molecule has 1 rings (SSSR count). The van der Waals surface area contributed by atoms with Crippen molar-refractivity contribution >= 4 is 12.0 Å². The number of carboxylic acids is 1. The minimum absolute atomic E-state index is 0.159. The zero-order valence-corrected chi connectivity index (χ0v) is 11.8. The Kier molecular flexibility index (Phi) is 6.22. The molecule has 0 bridgehead atoms. The molecule has 0 heterocycles. The van der Waals surface area contributed by atoms with Crippen molar-refractivity contribution in [1.29, 1.82) is 0 Å². The van der Waals surface area contributed by atoms with Crippen molar-refractivity contribution in [3.63, 3.8) is 0 Å². The predicted octanol–water partition coefficient (Wildman–Crippen LogP) is 0.205. The van der Waals surface area contributed by atoms with E-state index in [4.69, 9.17) is 5.11 Å². The molecule has 1 fully saturated rings. The van der Waals surface area contributed by atoms with Crippen LogP contribution in [-0.4, -0.2) is 51.6 Å². The number of urea groups is 1. The quantitative estimate of drug-likeness (QED) is 0.463. The van der Waals surface area contributed by atoms with Gasteiger partial charge < -0.3 is 26.0 Å². The number of nitrogens with one attached hydrogen (secondary N) is 2. The second kappa shape index (κ2) is 7.44. The molecule has 0 radical (unpaired) electrons. The van der Waals surface area contributed by atoms with Gasteiger partial charge in [0.15, 0.2) is 0 Å². The van der Waals surface area contributed by atoms with Gasteiger partial charge in [-0.2, -0.15) is 0 Å². The molecule has 116 valence electrons. The highest BCUT2D eigenvalue weighted by Gasteiger charge is 2.27. The number of carbonyl (C=O) groups excluding carboxylic acids is 1. The summed E-state index contributed by atoms with van der Waals surface area (Å²) in [5.41, 5.74) is -1.49. The van der Waals surface area contributed by atoms with Crippen molar-refractivity contribution in [3.8, 4) is 0 Å². The van der Waals surface area contributed by atoms with E-state index in [0.29, 0.717) is 6.42 Å². The highest BCUT2D eigenvalue weighted by Crippen LogP contribution is 2.18. The molecule has 20 heavy (non-hydrogen) atoms. The minimum Gasteiger partial charge on any atom is -0.481 e. The maximum absolute atomic E-state index is 11.7. The largest absolute Gasteiger partial charge is 0.481 e. The van der Waals surface area contributed by atoms with Gasteiger partial charge in [-0.1, -0.05) is 19.3 Å². The molecular formula is C13H24N2O5. The van der Waals surface area contributed by atoms with Crippen LogP contribution in [-0.2, 0) is 4.79 Å². The summed E-state index contributed by atoms with van der Waals surface area (Å²) in [5.74, 6) is -1.13. The highest BCUT2D eigenvalue weighted by molar-refractivity contribution is 5.74. The van der Waals surface area contributed by atoms with Gasteiger partial charge in [0.05, 0.1) is 24.2 Å². The third kappa shape index (κ3) is 6.21. The van der Waals surface area contributed by atoms with E-state index < -0.39 is 30.1 Å². The molecule has 0 aromatic rings. The smallest absolute Gasteiger partial charge is 0.315 e. The lowest BCUT2D eigenvalue weighted by Gasteiger charge is -2.25. The van der Waals surface area contributed by atoms with Crippen LogP contribution in [0.1, 0.15) is 45.4 Å². The molecule has 3 atom stereocenters. The van der Waals surface area contributed by atoms with Gasteiger partial charge in [0.25, 0.3) is 0 Å². The number of aliphatic hydroxyl groups excluding tert-OH is 1. The van der Waals surface area contributed by atoms with Crippen molar-refractivity contribution in [1.82, 2.24) is 10.6 Å². The molecular weight excluding hydrogens is 264 g/mol. The zero-order chi connectivity index (χ0) is 15.2. The highest BCUT2D eigenvalue weighted by atomic mass is 16.4. The first-order chi connectivity index (χ1) is 9.30. The molecule has 5 N–H and O–H groups in total. The van der Waals surface area contributed by atoms with Gasteiger partial charge in [-0.3, -0.25) is 4.79 Å². The number of hydrogen-bond donors (Lipinski definition) is 5. The standard InChI is InChI=1S/C13H24N2O5/c1-13(20,7-11(17)18)8-14-12(19)15-9-5-3-2-4-6-10(9)16/h9-10,16,20H,2-8H2,1H3,(H,17,18)(H2,14,15,19). The molecule has 2 amide bonds. The van der Waals surface area contributed by atoms with Crippen LogP contribution in [0.4, 0.5) is 4.79 Å². The summed E-state index contributed by atoms with van der Waals surface area (Å²) in [7, 11) is 0. The summed E-state index contributed by atoms with van der Waals surface area (Å²) in [6, 6.07) is -0.788. The Morgan fingerprint density at radius 3 is 2.55 bits per heavy atom. The molecule has 0 aromatic carbocycles. The average Bonchev–Trinajstić information content (AvgIpc) is 2.51. The summed E-state index contributed by atoms with van der Waals surface area (Å²) < 4.78 is 0. The summed E-state index contributed by atoms with van der Waals surface area (Å²) in [6.45, 7) is 1.19. The van der Waals surface area contributed by atoms with Gasteiger partial charge in [-0.15, -0.1) is 0 Å². The fourth-order valence-electron chi connectivity index (χ4n) is 2.33. The monoisotopic (exact) mass is 288 g/mol. The fourth-order valence-corrected chi connectivity index (χ4v) is 2.33. The van der Waals surface area contributed by atoms with E-state index in [1.807, 2.05) is 0 Å². The fraction of sp³-hybridized carbons (Fsp3) is 0.846.